The molecular weight excluding hydrogens is 173 g/mol. The first-order valence-corrected chi connectivity index (χ1v) is 3.88. The summed E-state index contributed by atoms with van der Waals surface area (Å²) in [6.45, 7) is 1.73. The van der Waals surface area contributed by atoms with E-state index in [1.54, 1.807) is 6.92 Å². The van der Waals surface area contributed by atoms with Crippen LogP contribution in [0.15, 0.2) is 12.1 Å². The highest BCUT2D eigenvalue weighted by Crippen LogP contribution is 2.21. The van der Waals surface area contributed by atoms with Crippen LogP contribution in [-0.2, 0) is 6.42 Å². The van der Waals surface area contributed by atoms with Gasteiger partial charge in [0.25, 0.3) is 0 Å². The van der Waals surface area contributed by atoms with E-state index in [0.717, 1.165) is 6.07 Å². The number of rotatable bonds is 2. The van der Waals surface area contributed by atoms with E-state index in [1.165, 1.54) is 6.07 Å². The van der Waals surface area contributed by atoms with E-state index in [4.69, 9.17) is 10.8 Å². The van der Waals surface area contributed by atoms with E-state index in [2.05, 4.69) is 0 Å². The fourth-order valence-electron chi connectivity index (χ4n) is 1.22. The highest BCUT2D eigenvalue weighted by molar-refractivity contribution is 5.91. The highest BCUT2D eigenvalue weighted by Gasteiger charge is 2.13. The molecule has 0 aliphatic rings. The molecule has 3 nitrogen and oxygen atoms in total. The number of nitrogens with two attached hydrogens (primary N) is 1. The predicted molar refractivity (Wildman–Crippen MR) is 47.1 cm³/mol. The van der Waals surface area contributed by atoms with Gasteiger partial charge in [0.2, 0.25) is 0 Å². The van der Waals surface area contributed by atoms with Gasteiger partial charge >= 0.3 is 5.97 Å². The summed E-state index contributed by atoms with van der Waals surface area (Å²) in [5.74, 6) is -1.65. The molecule has 0 fully saturated rings. The number of halogens is 1. The number of anilines is 1. The van der Waals surface area contributed by atoms with Gasteiger partial charge in [0, 0.05) is 0 Å². The largest absolute Gasteiger partial charge is 0.478 e. The molecule has 3 N–H and O–H groups in total. The summed E-state index contributed by atoms with van der Waals surface area (Å²) < 4.78 is 12.9. The Morgan fingerprint density at radius 3 is 2.69 bits per heavy atom. The monoisotopic (exact) mass is 183 g/mol. The Balaban J connectivity index is 3.38. The molecule has 0 saturated heterocycles. The zero-order valence-corrected chi connectivity index (χ0v) is 7.17. The fourth-order valence-corrected chi connectivity index (χ4v) is 1.22. The summed E-state index contributed by atoms with van der Waals surface area (Å²) in [5.41, 5.74) is 5.75. The van der Waals surface area contributed by atoms with Crippen LogP contribution in [0.2, 0.25) is 0 Å². The van der Waals surface area contributed by atoms with Crippen LogP contribution in [0.1, 0.15) is 22.8 Å². The van der Waals surface area contributed by atoms with Gasteiger partial charge in [-0.2, -0.15) is 0 Å². The molecule has 0 unspecified atom stereocenters. The van der Waals surface area contributed by atoms with Crippen molar-refractivity contribution in [3.8, 4) is 0 Å². The summed E-state index contributed by atoms with van der Waals surface area (Å²) >= 11 is 0. The first-order chi connectivity index (χ1) is 6.07. The molecule has 0 aliphatic heterocycles. The topological polar surface area (TPSA) is 63.3 Å². The van der Waals surface area contributed by atoms with Gasteiger partial charge < -0.3 is 10.8 Å². The lowest BCUT2D eigenvalue weighted by molar-refractivity contribution is 0.0696. The van der Waals surface area contributed by atoms with E-state index in [-0.39, 0.29) is 11.3 Å². The number of carbonyl (C=O) groups is 1. The van der Waals surface area contributed by atoms with E-state index >= 15 is 0 Å². The number of nitrogen functional groups attached to an aromatic ring is 1. The zero-order valence-electron chi connectivity index (χ0n) is 7.17. The van der Waals surface area contributed by atoms with Gasteiger partial charge in [-0.3, -0.25) is 0 Å². The summed E-state index contributed by atoms with van der Waals surface area (Å²) in [5, 5.41) is 8.73. The quantitative estimate of drug-likeness (QED) is 0.685. The van der Waals surface area contributed by atoms with Crippen LogP contribution in [0.5, 0.6) is 0 Å². The standard InChI is InChI=1S/C9H10FNO2/c1-2-5-6(9(12)13)3-4-7(10)8(5)11/h3-4H,2,11H2,1H3,(H,12,13). The van der Waals surface area contributed by atoms with Crippen LogP contribution in [0, 0.1) is 5.82 Å². The van der Waals surface area contributed by atoms with E-state index in [1.807, 2.05) is 0 Å². The molecule has 1 aromatic rings. The van der Waals surface area contributed by atoms with Crippen molar-refractivity contribution in [3.05, 3.63) is 29.1 Å². The second-order valence-corrected chi connectivity index (χ2v) is 2.65. The van der Waals surface area contributed by atoms with Crippen molar-refractivity contribution in [2.75, 3.05) is 5.73 Å². The Hall–Kier alpha value is -1.58. The van der Waals surface area contributed by atoms with E-state index in [0.29, 0.717) is 12.0 Å². The maximum atomic E-state index is 12.9. The molecule has 13 heavy (non-hydrogen) atoms. The van der Waals surface area contributed by atoms with Crippen LogP contribution in [-0.4, -0.2) is 11.1 Å². The third-order valence-corrected chi connectivity index (χ3v) is 1.89. The summed E-state index contributed by atoms with van der Waals surface area (Å²) in [6, 6.07) is 2.30. The normalized spacial score (nSPS) is 10.0. The van der Waals surface area contributed by atoms with Crippen molar-refractivity contribution >= 4 is 11.7 Å². The van der Waals surface area contributed by atoms with Crippen molar-refractivity contribution in [2.45, 2.75) is 13.3 Å². The minimum Gasteiger partial charge on any atom is -0.478 e. The molecule has 0 radical (unpaired) electrons. The van der Waals surface area contributed by atoms with Crippen molar-refractivity contribution in [1.82, 2.24) is 0 Å². The molecular formula is C9H10FNO2. The van der Waals surface area contributed by atoms with Gasteiger partial charge in [-0.1, -0.05) is 6.92 Å². The van der Waals surface area contributed by atoms with Gasteiger partial charge in [-0.05, 0) is 24.1 Å². The van der Waals surface area contributed by atoms with Gasteiger partial charge in [-0.25, -0.2) is 9.18 Å². The smallest absolute Gasteiger partial charge is 0.336 e. The molecule has 1 rings (SSSR count). The van der Waals surface area contributed by atoms with Crippen LogP contribution in [0.3, 0.4) is 0 Å². The average Bonchev–Trinajstić information content (AvgIpc) is 2.09. The molecule has 0 amide bonds. The minimum atomic E-state index is -1.08. The second kappa shape index (κ2) is 3.43. The Morgan fingerprint density at radius 2 is 2.23 bits per heavy atom. The first-order valence-electron chi connectivity index (χ1n) is 3.88. The Kier molecular flexibility index (Phi) is 2.51. The lowest BCUT2D eigenvalue weighted by Gasteiger charge is -2.07. The highest BCUT2D eigenvalue weighted by atomic mass is 19.1. The number of hydrogen-bond acceptors (Lipinski definition) is 2. The van der Waals surface area contributed by atoms with Crippen LogP contribution in [0.4, 0.5) is 10.1 Å². The van der Waals surface area contributed by atoms with Crippen LogP contribution in [0.25, 0.3) is 0 Å². The maximum absolute atomic E-state index is 12.9. The van der Waals surface area contributed by atoms with Gasteiger partial charge in [0.15, 0.2) is 0 Å². The Labute approximate surface area is 75.0 Å². The third-order valence-electron chi connectivity index (χ3n) is 1.89. The molecule has 0 saturated carbocycles. The van der Waals surface area contributed by atoms with E-state index in [9.17, 15) is 9.18 Å². The van der Waals surface area contributed by atoms with Crippen molar-refractivity contribution < 1.29 is 14.3 Å². The van der Waals surface area contributed by atoms with Crippen molar-refractivity contribution in [2.24, 2.45) is 0 Å². The molecule has 4 heteroatoms. The Morgan fingerprint density at radius 1 is 1.62 bits per heavy atom. The van der Waals surface area contributed by atoms with Crippen LogP contribution >= 0.6 is 0 Å². The molecule has 0 bridgehead atoms. The number of carboxylic acid groups (broad SMARTS) is 1. The van der Waals surface area contributed by atoms with E-state index < -0.39 is 11.8 Å². The van der Waals surface area contributed by atoms with Gasteiger partial charge in [0.05, 0.1) is 11.3 Å². The van der Waals surface area contributed by atoms with Gasteiger partial charge in [-0.15, -0.1) is 0 Å². The Bertz CT molecular complexity index is 350. The number of hydrogen-bond donors (Lipinski definition) is 2. The maximum Gasteiger partial charge on any atom is 0.336 e. The fraction of sp³-hybridized carbons (Fsp3) is 0.222. The molecule has 0 aromatic heterocycles. The molecule has 1 aromatic carbocycles. The number of carboxylic acids is 1. The third kappa shape index (κ3) is 1.61. The lowest BCUT2D eigenvalue weighted by Crippen LogP contribution is -2.06. The summed E-state index contributed by atoms with van der Waals surface area (Å²) in [6.07, 6.45) is 0.408. The molecule has 0 atom stereocenters. The molecule has 0 aliphatic carbocycles. The average molecular weight is 183 g/mol. The number of aromatic carboxylic acids is 1. The van der Waals surface area contributed by atoms with Crippen molar-refractivity contribution in [1.29, 1.82) is 0 Å². The molecule has 70 valence electrons. The second-order valence-electron chi connectivity index (χ2n) is 2.65. The summed E-state index contributed by atoms with van der Waals surface area (Å²) in [7, 11) is 0. The van der Waals surface area contributed by atoms with Crippen LogP contribution < -0.4 is 5.73 Å². The molecule has 0 heterocycles. The first kappa shape index (κ1) is 9.51. The predicted octanol–water partition coefficient (Wildman–Crippen LogP) is 1.67. The SMILES string of the molecule is CCc1c(C(=O)O)ccc(F)c1N. The summed E-state index contributed by atoms with van der Waals surface area (Å²) in [4.78, 5) is 10.7. The lowest BCUT2D eigenvalue weighted by atomic mass is 10.0. The molecule has 0 spiro atoms. The van der Waals surface area contributed by atoms with Crippen molar-refractivity contribution in [3.63, 3.8) is 0 Å². The van der Waals surface area contributed by atoms with Gasteiger partial charge in [0.1, 0.15) is 5.82 Å². The number of benzene rings is 1. The minimum absolute atomic E-state index is 0.0672. The zero-order chi connectivity index (χ0) is 10.0.